The van der Waals surface area contributed by atoms with E-state index < -0.39 is 0 Å². The second-order valence-corrected chi connectivity index (χ2v) is 2.07. The number of rotatable bonds is 3. The Morgan fingerprint density at radius 2 is 2.11 bits per heavy atom. The molecule has 0 radical (unpaired) electrons. The van der Waals surface area contributed by atoms with E-state index >= 15 is 0 Å². The highest BCUT2D eigenvalue weighted by Gasteiger charge is 1.77. The van der Waals surface area contributed by atoms with Crippen molar-refractivity contribution in [1.82, 2.24) is 0 Å². The molecule has 0 aromatic rings. The molecule has 0 aliphatic carbocycles. The van der Waals surface area contributed by atoms with E-state index in [4.69, 9.17) is 0 Å². The van der Waals surface area contributed by atoms with Crippen molar-refractivity contribution >= 4 is 6.21 Å². The molecule has 0 aromatic carbocycles. The Morgan fingerprint density at radius 1 is 1.44 bits per heavy atom. The summed E-state index contributed by atoms with van der Waals surface area (Å²) < 4.78 is 0. The Labute approximate surface area is 57.5 Å². The van der Waals surface area contributed by atoms with Gasteiger partial charge in [-0.25, -0.2) is 0 Å². The van der Waals surface area contributed by atoms with Crippen LogP contribution in [-0.2, 0) is 0 Å². The highest BCUT2D eigenvalue weighted by molar-refractivity contribution is 5.57. The quantitative estimate of drug-likeness (QED) is 0.514. The van der Waals surface area contributed by atoms with Crippen molar-refractivity contribution in [2.24, 2.45) is 4.99 Å². The summed E-state index contributed by atoms with van der Waals surface area (Å²) in [7, 11) is 0. The largest absolute Gasteiger partial charge is 0.269 e. The van der Waals surface area contributed by atoms with Crippen molar-refractivity contribution in [2.75, 3.05) is 0 Å². The molecule has 1 nitrogen and oxygen atoms in total. The lowest BCUT2D eigenvalue weighted by Crippen LogP contribution is -1.69. The normalized spacial score (nSPS) is 13.0. The fourth-order valence-electron chi connectivity index (χ4n) is 0.377. The van der Waals surface area contributed by atoms with Gasteiger partial charge in [0.25, 0.3) is 0 Å². The molecule has 0 atom stereocenters. The first-order valence-electron chi connectivity index (χ1n) is 3.48. The van der Waals surface area contributed by atoms with Crippen LogP contribution in [0.3, 0.4) is 0 Å². The minimum Gasteiger partial charge on any atom is -0.269 e. The van der Waals surface area contributed by atoms with Crippen molar-refractivity contribution in [1.29, 1.82) is 0 Å². The van der Waals surface area contributed by atoms with Gasteiger partial charge in [0.1, 0.15) is 0 Å². The van der Waals surface area contributed by atoms with Crippen LogP contribution in [-0.4, -0.2) is 6.21 Å². The SMILES string of the molecule is CC/C=N\C=C(\C)CC. The van der Waals surface area contributed by atoms with Gasteiger partial charge in [-0.05, 0) is 19.8 Å². The van der Waals surface area contributed by atoms with E-state index in [9.17, 15) is 0 Å². The van der Waals surface area contributed by atoms with Gasteiger partial charge in [0.15, 0.2) is 0 Å². The summed E-state index contributed by atoms with van der Waals surface area (Å²) in [6.45, 7) is 6.30. The Morgan fingerprint density at radius 3 is 2.56 bits per heavy atom. The minimum absolute atomic E-state index is 1.02. The molecule has 0 N–H and O–H groups in total. The maximum atomic E-state index is 4.07. The van der Waals surface area contributed by atoms with Crippen molar-refractivity contribution in [3.8, 4) is 0 Å². The molecule has 0 aliphatic rings. The average molecular weight is 125 g/mol. The van der Waals surface area contributed by atoms with Crippen molar-refractivity contribution in [2.45, 2.75) is 33.6 Å². The van der Waals surface area contributed by atoms with Crippen LogP contribution in [0.15, 0.2) is 16.8 Å². The summed E-state index contributed by atoms with van der Waals surface area (Å²) in [4.78, 5) is 4.07. The van der Waals surface area contributed by atoms with E-state index in [1.807, 2.05) is 12.4 Å². The second kappa shape index (κ2) is 5.54. The molecule has 0 unspecified atom stereocenters. The maximum absolute atomic E-state index is 4.07. The predicted octanol–water partition coefficient (Wildman–Crippen LogP) is 2.78. The number of allylic oxidation sites excluding steroid dienone is 1. The zero-order chi connectivity index (χ0) is 7.11. The van der Waals surface area contributed by atoms with Crippen LogP contribution in [0.25, 0.3) is 0 Å². The van der Waals surface area contributed by atoms with Crippen LogP contribution >= 0.6 is 0 Å². The van der Waals surface area contributed by atoms with E-state index in [0.29, 0.717) is 0 Å². The third-order valence-electron chi connectivity index (χ3n) is 1.14. The molecule has 0 aromatic heterocycles. The van der Waals surface area contributed by atoms with Crippen molar-refractivity contribution in [3.63, 3.8) is 0 Å². The summed E-state index contributed by atoms with van der Waals surface area (Å²) >= 11 is 0. The summed E-state index contributed by atoms with van der Waals surface area (Å²) in [5, 5.41) is 0. The van der Waals surface area contributed by atoms with Gasteiger partial charge in [-0.3, -0.25) is 4.99 Å². The lowest BCUT2D eigenvalue weighted by Gasteiger charge is -1.87. The summed E-state index contributed by atoms with van der Waals surface area (Å²) in [5.74, 6) is 0. The fraction of sp³-hybridized carbons (Fsp3) is 0.625. The summed E-state index contributed by atoms with van der Waals surface area (Å²) in [6.07, 6.45) is 5.96. The van der Waals surface area contributed by atoms with Crippen LogP contribution in [0.4, 0.5) is 0 Å². The third kappa shape index (κ3) is 5.28. The first kappa shape index (κ1) is 8.41. The van der Waals surface area contributed by atoms with Gasteiger partial charge in [-0.1, -0.05) is 19.4 Å². The van der Waals surface area contributed by atoms with E-state index in [2.05, 4.69) is 25.8 Å². The van der Waals surface area contributed by atoms with E-state index in [1.54, 1.807) is 0 Å². The average Bonchev–Trinajstić information content (AvgIpc) is 1.89. The smallest absolute Gasteiger partial charge is 0.0252 e. The molecule has 0 bridgehead atoms. The molecular formula is C8H15N. The zero-order valence-corrected chi connectivity index (χ0v) is 6.52. The van der Waals surface area contributed by atoms with Gasteiger partial charge in [0, 0.05) is 12.4 Å². The molecule has 0 saturated carbocycles. The second-order valence-electron chi connectivity index (χ2n) is 2.07. The molecule has 0 amide bonds. The molecule has 0 rings (SSSR count). The Hall–Kier alpha value is -0.590. The maximum Gasteiger partial charge on any atom is 0.0252 e. The summed E-state index contributed by atoms with van der Waals surface area (Å²) in [6, 6.07) is 0. The van der Waals surface area contributed by atoms with Gasteiger partial charge >= 0.3 is 0 Å². The van der Waals surface area contributed by atoms with Gasteiger partial charge < -0.3 is 0 Å². The van der Waals surface area contributed by atoms with E-state index in [-0.39, 0.29) is 0 Å². The Kier molecular flexibility index (Phi) is 5.18. The first-order valence-corrected chi connectivity index (χ1v) is 3.48. The fourth-order valence-corrected chi connectivity index (χ4v) is 0.377. The van der Waals surface area contributed by atoms with Crippen LogP contribution in [0.1, 0.15) is 33.6 Å². The molecule has 0 heterocycles. The topological polar surface area (TPSA) is 12.4 Å². The number of nitrogens with zero attached hydrogens (tertiary/aromatic N) is 1. The molecule has 0 spiro atoms. The van der Waals surface area contributed by atoms with Crippen LogP contribution in [0.2, 0.25) is 0 Å². The van der Waals surface area contributed by atoms with E-state index in [0.717, 1.165) is 12.8 Å². The number of hydrogen-bond acceptors (Lipinski definition) is 1. The standard InChI is InChI=1S/C8H15N/c1-4-6-9-7-8(3)5-2/h6-7H,4-5H2,1-3H3/b8-7-,9-6-. The molecule has 9 heavy (non-hydrogen) atoms. The van der Waals surface area contributed by atoms with Gasteiger partial charge in [0.2, 0.25) is 0 Å². The minimum atomic E-state index is 1.02. The lowest BCUT2D eigenvalue weighted by atomic mass is 10.3. The molecule has 0 fully saturated rings. The molecule has 1 heteroatoms. The Bertz CT molecular complexity index is 112. The number of aliphatic imine (C=N–C) groups is 1. The van der Waals surface area contributed by atoms with Crippen LogP contribution in [0.5, 0.6) is 0 Å². The van der Waals surface area contributed by atoms with Gasteiger partial charge in [-0.15, -0.1) is 0 Å². The Balaban J connectivity index is 3.55. The van der Waals surface area contributed by atoms with Crippen molar-refractivity contribution < 1.29 is 0 Å². The molecular weight excluding hydrogens is 110 g/mol. The first-order chi connectivity index (χ1) is 4.31. The highest BCUT2D eigenvalue weighted by atomic mass is 14.7. The van der Waals surface area contributed by atoms with E-state index in [1.165, 1.54) is 5.57 Å². The third-order valence-corrected chi connectivity index (χ3v) is 1.14. The highest BCUT2D eigenvalue weighted by Crippen LogP contribution is 1.96. The van der Waals surface area contributed by atoms with Crippen LogP contribution in [0, 0.1) is 0 Å². The van der Waals surface area contributed by atoms with Gasteiger partial charge in [0.05, 0.1) is 0 Å². The lowest BCUT2D eigenvalue weighted by molar-refractivity contribution is 1.09. The summed E-state index contributed by atoms with van der Waals surface area (Å²) in [5.41, 5.74) is 1.33. The number of hydrogen-bond donors (Lipinski definition) is 0. The predicted molar refractivity (Wildman–Crippen MR) is 42.8 cm³/mol. The van der Waals surface area contributed by atoms with Crippen LogP contribution < -0.4 is 0 Å². The molecule has 0 aliphatic heterocycles. The van der Waals surface area contributed by atoms with Crippen molar-refractivity contribution in [3.05, 3.63) is 11.8 Å². The molecule has 52 valence electrons. The zero-order valence-electron chi connectivity index (χ0n) is 6.52. The molecule has 0 saturated heterocycles. The van der Waals surface area contributed by atoms with Gasteiger partial charge in [-0.2, -0.15) is 0 Å². The monoisotopic (exact) mass is 125 g/mol.